The first-order valence-corrected chi connectivity index (χ1v) is 7.30. The highest BCUT2D eigenvalue weighted by Crippen LogP contribution is 2.39. The SMILES string of the molecule is CCC1OC1C(C)Cc1cc2c(cc1Cl)OCCO2. The van der Waals surface area contributed by atoms with E-state index in [1.807, 2.05) is 12.1 Å². The van der Waals surface area contributed by atoms with Crippen molar-refractivity contribution in [1.82, 2.24) is 0 Å². The van der Waals surface area contributed by atoms with Crippen LogP contribution >= 0.6 is 11.6 Å². The Labute approximate surface area is 118 Å². The first-order valence-electron chi connectivity index (χ1n) is 6.92. The maximum absolute atomic E-state index is 6.32. The van der Waals surface area contributed by atoms with Gasteiger partial charge < -0.3 is 14.2 Å². The van der Waals surface area contributed by atoms with Gasteiger partial charge in [-0.2, -0.15) is 0 Å². The van der Waals surface area contributed by atoms with Crippen LogP contribution in [-0.2, 0) is 11.2 Å². The number of epoxide rings is 1. The highest BCUT2D eigenvalue weighted by atomic mass is 35.5. The summed E-state index contributed by atoms with van der Waals surface area (Å²) in [5.74, 6) is 2.04. The van der Waals surface area contributed by atoms with Crippen molar-refractivity contribution in [3.63, 3.8) is 0 Å². The van der Waals surface area contributed by atoms with E-state index in [9.17, 15) is 0 Å². The van der Waals surface area contributed by atoms with Gasteiger partial charge in [-0.3, -0.25) is 0 Å². The van der Waals surface area contributed by atoms with Crippen molar-refractivity contribution in [1.29, 1.82) is 0 Å². The lowest BCUT2D eigenvalue weighted by molar-refractivity contribution is 0.171. The van der Waals surface area contributed by atoms with Gasteiger partial charge in [0.2, 0.25) is 0 Å². The van der Waals surface area contributed by atoms with Crippen molar-refractivity contribution < 1.29 is 14.2 Å². The van der Waals surface area contributed by atoms with E-state index in [4.69, 9.17) is 25.8 Å². The minimum atomic E-state index is 0.384. The minimum Gasteiger partial charge on any atom is -0.486 e. The van der Waals surface area contributed by atoms with Gasteiger partial charge in [-0.05, 0) is 30.4 Å². The lowest BCUT2D eigenvalue weighted by atomic mass is 9.95. The maximum atomic E-state index is 6.32. The molecular formula is C15H19ClO3. The van der Waals surface area contributed by atoms with Gasteiger partial charge in [0.15, 0.2) is 11.5 Å². The van der Waals surface area contributed by atoms with E-state index in [0.717, 1.165) is 34.9 Å². The van der Waals surface area contributed by atoms with Crippen LogP contribution in [0.3, 0.4) is 0 Å². The number of hydrogen-bond acceptors (Lipinski definition) is 3. The Morgan fingerprint density at radius 1 is 1.26 bits per heavy atom. The van der Waals surface area contributed by atoms with E-state index in [2.05, 4.69) is 13.8 Å². The van der Waals surface area contributed by atoms with Crippen molar-refractivity contribution in [3.05, 3.63) is 22.7 Å². The molecule has 3 rings (SSSR count). The summed E-state index contributed by atoms with van der Waals surface area (Å²) in [4.78, 5) is 0. The van der Waals surface area contributed by atoms with Crippen LogP contribution in [0.25, 0.3) is 0 Å². The molecule has 3 atom stereocenters. The second kappa shape index (κ2) is 5.22. The van der Waals surface area contributed by atoms with Gasteiger partial charge in [0.25, 0.3) is 0 Å². The molecule has 2 aliphatic heterocycles. The summed E-state index contributed by atoms with van der Waals surface area (Å²) in [5.41, 5.74) is 1.11. The van der Waals surface area contributed by atoms with Crippen LogP contribution in [0.15, 0.2) is 12.1 Å². The van der Waals surface area contributed by atoms with Gasteiger partial charge in [0.05, 0.1) is 12.2 Å². The third-order valence-electron chi connectivity index (χ3n) is 3.84. The van der Waals surface area contributed by atoms with Gasteiger partial charge >= 0.3 is 0 Å². The van der Waals surface area contributed by atoms with Gasteiger partial charge in [-0.25, -0.2) is 0 Å². The largest absolute Gasteiger partial charge is 0.486 e. The molecular weight excluding hydrogens is 264 g/mol. The van der Waals surface area contributed by atoms with Crippen LogP contribution in [0.4, 0.5) is 0 Å². The Morgan fingerprint density at radius 2 is 1.95 bits per heavy atom. The monoisotopic (exact) mass is 282 g/mol. The zero-order chi connectivity index (χ0) is 13.4. The fraction of sp³-hybridized carbons (Fsp3) is 0.600. The number of benzene rings is 1. The summed E-state index contributed by atoms with van der Waals surface area (Å²) in [6.07, 6.45) is 2.82. The van der Waals surface area contributed by atoms with Crippen molar-refractivity contribution >= 4 is 11.6 Å². The summed E-state index contributed by atoms with van der Waals surface area (Å²) in [7, 11) is 0. The van der Waals surface area contributed by atoms with Gasteiger partial charge in [0, 0.05) is 11.1 Å². The zero-order valence-corrected chi connectivity index (χ0v) is 12.1. The van der Waals surface area contributed by atoms with Crippen LogP contribution in [0.2, 0.25) is 5.02 Å². The Morgan fingerprint density at radius 3 is 2.58 bits per heavy atom. The normalized spacial score (nSPS) is 26.1. The summed E-state index contributed by atoms with van der Waals surface area (Å²) in [5, 5.41) is 0.754. The summed E-state index contributed by atoms with van der Waals surface area (Å²) in [6.45, 7) is 5.57. The smallest absolute Gasteiger partial charge is 0.162 e. The number of hydrogen-bond donors (Lipinski definition) is 0. The molecule has 1 aromatic rings. The number of fused-ring (bicyclic) bond motifs is 1. The number of halogens is 1. The van der Waals surface area contributed by atoms with E-state index >= 15 is 0 Å². The third kappa shape index (κ3) is 2.67. The molecule has 1 fully saturated rings. The molecule has 2 heterocycles. The van der Waals surface area contributed by atoms with Crippen LogP contribution in [0, 0.1) is 5.92 Å². The van der Waals surface area contributed by atoms with E-state index in [1.165, 1.54) is 0 Å². The van der Waals surface area contributed by atoms with Crippen LogP contribution in [0.5, 0.6) is 11.5 Å². The third-order valence-corrected chi connectivity index (χ3v) is 4.19. The molecule has 0 aliphatic carbocycles. The molecule has 0 bridgehead atoms. The minimum absolute atomic E-state index is 0.384. The molecule has 19 heavy (non-hydrogen) atoms. The van der Waals surface area contributed by atoms with E-state index in [1.54, 1.807) is 0 Å². The van der Waals surface area contributed by atoms with Crippen LogP contribution < -0.4 is 9.47 Å². The van der Waals surface area contributed by atoms with E-state index < -0.39 is 0 Å². The van der Waals surface area contributed by atoms with Crippen molar-refractivity contribution in [3.8, 4) is 11.5 Å². The summed E-state index contributed by atoms with van der Waals surface area (Å²) >= 11 is 6.32. The van der Waals surface area contributed by atoms with Crippen molar-refractivity contribution in [2.24, 2.45) is 5.92 Å². The predicted molar refractivity (Wildman–Crippen MR) is 74.3 cm³/mol. The summed E-state index contributed by atoms with van der Waals surface area (Å²) in [6, 6.07) is 3.87. The molecule has 0 saturated carbocycles. The van der Waals surface area contributed by atoms with E-state index in [-0.39, 0.29) is 0 Å². The first-order chi connectivity index (χ1) is 9.19. The molecule has 104 valence electrons. The average Bonchev–Trinajstić information content (AvgIpc) is 3.19. The molecule has 0 radical (unpaired) electrons. The lowest BCUT2D eigenvalue weighted by Gasteiger charge is -2.20. The molecule has 3 unspecified atom stereocenters. The Kier molecular flexibility index (Phi) is 3.59. The molecule has 4 heteroatoms. The van der Waals surface area contributed by atoms with Crippen LogP contribution in [0.1, 0.15) is 25.8 Å². The maximum Gasteiger partial charge on any atom is 0.162 e. The molecule has 3 nitrogen and oxygen atoms in total. The van der Waals surface area contributed by atoms with Crippen molar-refractivity contribution in [2.75, 3.05) is 13.2 Å². The summed E-state index contributed by atoms with van der Waals surface area (Å²) < 4.78 is 16.8. The first kappa shape index (κ1) is 13.1. The Bertz CT molecular complexity index is 475. The molecule has 0 spiro atoms. The lowest BCUT2D eigenvalue weighted by Crippen LogP contribution is -2.16. The molecule has 0 N–H and O–H groups in total. The predicted octanol–water partition coefficient (Wildman–Crippen LogP) is 3.47. The highest BCUT2D eigenvalue weighted by Gasteiger charge is 2.41. The molecule has 1 saturated heterocycles. The second-order valence-electron chi connectivity index (χ2n) is 5.32. The topological polar surface area (TPSA) is 31.0 Å². The quantitative estimate of drug-likeness (QED) is 0.793. The number of ether oxygens (including phenoxy) is 3. The Hall–Kier alpha value is -0.930. The molecule has 1 aromatic carbocycles. The standard InChI is InChI=1S/C15H19ClO3/c1-3-12-15(19-12)9(2)6-10-7-13-14(8-11(10)16)18-5-4-17-13/h7-9,12,15H,3-6H2,1-2H3. The molecule has 0 aromatic heterocycles. The second-order valence-corrected chi connectivity index (χ2v) is 5.72. The number of rotatable bonds is 4. The van der Waals surface area contributed by atoms with Gasteiger partial charge in [0.1, 0.15) is 13.2 Å². The van der Waals surface area contributed by atoms with Crippen LogP contribution in [-0.4, -0.2) is 25.4 Å². The van der Waals surface area contributed by atoms with Gasteiger partial charge in [-0.15, -0.1) is 0 Å². The Balaban J connectivity index is 1.74. The zero-order valence-electron chi connectivity index (χ0n) is 11.3. The average molecular weight is 283 g/mol. The molecule has 2 aliphatic rings. The highest BCUT2D eigenvalue weighted by molar-refractivity contribution is 6.31. The fourth-order valence-electron chi connectivity index (χ4n) is 2.71. The molecule has 0 amide bonds. The fourth-order valence-corrected chi connectivity index (χ4v) is 2.94. The van der Waals surface area contributed by atoms with E-state index in [0.29, 0.717) is 31.3 Å². The van der Waals surface area contributed by atoms with Gasteiger partial charge in [-0.1, -0.05) is 25.4 Å². The van der Waals surface area contributed by atoms with Crippen molar-refractivity contribution in [2.45, 2.75) is 38.9 Å².